The van der Waals surface area contributed by atoms with Crippen molar-refractivity contribution >= 4 is 43.2 Å². The van der Waals surface area contributed by atoms with Crippen LogP contribution in [0, 0.1) is 6.92 Å². The molecule has 0 atom stereocenters. The summed E-state index contributed by atoms with van der Waals surface area (Å²) < 4.78 is 56.9. The van der Waals surface area contributed by atoms with Crippen LogP contribution >= 0.6 is 0 Å². The van der Waals surface area contributed by atoms with Gasteiger partial charge in [0.25, 0.3) is 5.91 Å². The molecule has 1 aliphatic rings. The topological polar surface area (TPSA) is 144 Å². The van der Waals surface area contributed by atoms with Gasteiger partial charge in [-0.2, -0.15) is 0 Å². The number of nitrogens with zero attached hydrogens (tertiary/aromatic N) is 1. The van der Waals surface area contributed by atoms with Crippen LogP contribution in [0.3, 0.4) is 0 Å². The van der Waals surface area contributed by atoms with Crippen LogP contribution in [-0.2, 0) is 29.4 Å². The average molecular weight is 543 g/mol. The second-order valence-electron chi connectivity index (χ2n) is 8.43. The number of fused-ring (bicyclic) bond motifs is 2. The molecule has 0 bridgehead atoms. The van der Waals surface area contributed by atoms with E-state index >= 15 is 0 Å². The van der Waals surface area contributed by atoms with Crippen LogP contribution in [-0.4, -0.2) is 59.5 Å². The number of sulfone groups is 1. The van der Waals surface area contributed by atoms with E-state index in [2.05, 4.69) is 5.32 Å². The van der Waals surface area contributed by atoms with Gasteiger partial charge in [0.1, 0.15) is 0 Å². The number of anilines is 1. The van der Waals surface area contributed by atoms with E-state index in [1.165, 1.54) is 62.6 Å². The fourth-order valence-electron chi connectivity index (χ4n) is 3.72. The Morgan fingerprint density at radius 3 is 2.32 bits per heavy atom. The van der Waals surface area contributed by atoms with Crippen LogP contribution in [0.1, 0.15) is 31.8 Å². The number of carbonyl (C=O) groups is 3. The first-order chi connectivity index (χ1) is 17.3. The smallest absolute Gasteiger partial charge is 0.338 e. The molecule has 192 valence electrons. The minimum atomic E-state index is -4.05. The molecule has 0 fully saturated rings. The second kappa shape index (κ2) is 9.54. The number of sulfonamides is 1. The van der Waals surface area contributed by atoms with E-state index in [0.717, 1.165) is 10.4 Å². The van der Waals surface area contributed by atoms with E-state index in [1.54, 1.807) is 13.0 Å². The molecular formula is C25H22N2O8S2. The zero-order valence-electron chi connectivity index (χ0n) is 20.0. The number of ketones is 1. The highest BCUT2D eigenvalue weighted by molar-refractivity contribution is 7.91. The Bertz CT molecular complexity index is 1680. The first-order valence-corrected chi connectivity index (χ1v) is 13.8. The van der Waals surface area contributed by atoms with Crippen LogP contribution in [0.2, 0.25) is 0 Å². The highest BCUT2D eigenvalue weighted by atomic mass is 32.2. The zero-order valence-corrected chi connectivity index (χ0v) is 21.6. The predicted molar refractivity (Wildman–Crippen MR) is 133 cm³/mol. The van der Waals surface area contributed by atoms with Gasteiger partial charge in [-0.25, -0.2) is 25.9 Å². The maximum absolute atomic E-state index is 13.0. The molecule has 0 saturated heterocycles. The van der Waals surface area contributed by atoms with E-state index in [1.807, 2.05) is 0 Å². The van der Waals surface area contributed by atoms with Crippen LogP contribution in [0.4, 0.5) is 5.69 Å². The molecule has 1 aliphatic heterocycles. The average Bonchev–Trinajstić information content (AvgIpc) is 2.87. The van der Waals surface area contributed by atoms with Gasteiger partial charge >= 0.3 is 5.97 Å². The lowest BCUT2D eigenvalue weighted by molar-refractivity contribution is -0.119. The van der Waals surface area contributed by atoms with Crippen molar-refractivity contribution in [1.29, 1.82) is 0 Å². The van der Waals surface area contributed by atoms with E-state index in [0.29, 0.717) is 5.56 Å². The Kier molecular flexibility index (Phi) is 6.76. The first kappa shape index (κ1) is 26.2. The number of nitrogens with one attached hydrogen (secondary N) is 1. The van der Waals surface area contributed by atoms with Gasteiger partial charge < -0.3 is 10.1 Å². The van der Waals surface area contributed by atoms with Gasteiger partial charge in [-0.15, -0.1) is 0 Å². The molecule has 1 amide bonds. The molecule has 3 aromatic rings. The van der Waals surface area contributed by atoms with Gasteiger partial charge in [0.05, 0.1) is 20.2 Å². The molecule has 1 N–H and O–H groups in total. The molecule has 37 heavy (non-hydrogen) atoms. The van der Waals surface area contributed by atoms with Crippen molar-refractivity contribution in [2.24, 2.45) is 0 Å². The number of esters is 1. The lowest BCUT2D eigenvalue weighted by Crippen LogP contribution is -2.24. The first-order valence-electron chi connectivity index (χ1n) is 10.9. The van der Waals surface area contributed by atoms with Gasteiger partial charge in [0.15, 0.2) is 12.4 Å². The molecule has 10 nitrogen and oxygen atoms in total. The van der Waals surface area contributed by atoms with Crippen molar-refractivity contribution in [2.75, 3.05) is 26.0 Å². The summed E-state index contributed by atoms with van der Waals surface area (Å²) in [5.74, 6) is -2.18. The Labute approximate surface area is 213 Å². The van der Waals surface area contributed by atoms with Crippen molar-refractivity contribution in [1.82, 2.24) is 4.31 Å². The van der Waals surface area contributed by atoms with Crippen LogP contribution in [0.15, 0.2) is 75.4 Å². The largest absolute Gasteiger partial charge is 0.452 e. The predicted octanol–water partition coefficient (Wildman–Crippen LogP) is 2.42. The highest BCUT2D eigenvalue weighted by Crippen LogP contribution is 2.34. The number of hydrogen-bond donors (Lipinski definition) is 1. The third-order valence-corrected chi connectivity index (χ3v) is 9.43. The van der Waals surface area contributed by atoms with Crippen molar-refractivity contribution in [2.45, 2.75) is 21.6 Å². The SMILES string of the molecule is Cc1ccc(S(=O)(=O)N(C)C)cc1NC(=O)COC(=O)c1ccc2c(c1)S(=O)(=O)c1ccccc1C2=O. The maximum Gasteiger partial charge on any atom is 0.338 e. The number of benzene rings is 3. The minimum absolute atomic E-state index is 0.0261. The molecule has 4 rings (SSSR count). The number of carbonyl (C=O) groups excluding carboxylic acids is 3. The third-order valence-electron chi connectivity index (χ3n) is 5.77. The highest BCUT2D eigenvalue weighted by Gasteiger charge is 2.35. The van der Waals surface area contributed by atoms with E-state index in [4.69, 9.17) is 4.74 Å². The van der Waals surface area contributed by atoms with Crippen molar-refractivity contribution in [3.8, 4) is 0 Å². The Hall–Kier alpha value is -3.87. The lowest BCUT2D eigenvalue weighted by Gasteiger charge is -2.19. The Morgan fingerprint density at radius 1 is 0.946 bits per heavy atom. The quantitative estimate of drug-likeness (QED) is 0.366. The number of aryl methyl sites for hydroxylation is 1. The summed E-state index contributed by atoms with van der Waals surface area (Å²) in [6.45, 7) is 0.954. The molecule has 1 heterocycles. The molecule has 3 aromatic carbocycles. The molecular weight excluding hydrogens is 520 g/mol. The van der Waals surface area contributed by atoms with Crippen molar-refractivity contribution in [3.05, 3.63) is 82.9 Å². The fraction of sp³-hybridized carbons (Fsp3) is 0.160. The number of hydrogen-bond acceptors (Lipinski definition) is 8. The van der Waals surface area contributed by atoms with Crippen LogP contribution < -0.4 is 5.32 Å². The molecule has 12 heteroatoms. The monoisotopic (exact) mass is 542 g/mol. The Morgan fingerprint density at radius 2 is 1.62 bits per heavy atom. The van der Waals surface area contributed by atoms with Crippen LogP contribution in [0.5, 0.6) is 0 Å². The minimum Gasteiger partial charge on any atom is -0.452 e. The van der Waals surface area contributed by atoms with Crippen molar-refractivity contribution in [3.63, 3.8) is 0 Å². The lowest BCUT2D eigenvalue weighted by atomic mass is 10.0. The summed E-state index contributed by atoms with van der Waals surface area (Å²) in [5, 5.41) is 2.51. The number of amides is 1. The molecule has 0 saturated carbocycles. The molecule has 0 unspecified atom stereocenters. The zero-order chi connectivity index (χ0) is 27.1. The van der Waals surface area contributed by atoms with E-state index in [-0.39, 0.29) is 37.1 Å². The summed E-state index contributed by atoms with van der Waals surface area (Å²) >= 11 is 0. The van der Waals surface area contributed by atoms with Gasteiger partial charge in [0.2, 0.25) is 19.9 Å². The molecule has 0 aliphatic carbocycles. The summed E-state index contributed by atoms with van der Waals surface area (Å²) in [6.07, 6.45) is 0. The van der Waals surface area contributed by atoms with Crippen LogP contribution in [0.25, 0.3) is 0 Å². The number of ether oxygens (including phenoxy) is 1. The molecule has 0 radical (unpaired) electrons. The summed E-state index contributed by atoms with van der Waals surface area (Å²) in [5.41, 5.74) is 0.650. The normalized spacial score (nSPS) is 14.0. The van der Waals surface area contributed by atoms with E-state index < -0.39 is 44.1 Å². The van der Waals surface area contributed by atoms with Gasteiger partial charge in [0, 0.05) is 30.9 Å². The second-order valence-corrected chi connectivity index (χ2v) is 12.5. The summed E-state index contributed by atoms with van der Waals surface area (Å²) in [4.78, 5) is 37.3. The molecule has 0 spiro atoms. The Balaban J connectivity index is 1.50. The third kappa shape index (κ3) is 4.78. The standard InChI is InChI=1S/C25H22N2O8S2/c1-15-8-10-17(37(33,34)27(2)3)13-20(15)26-23(28)14-35-25(30)16-9-11-19-22(12-16)36(31,32)21-7-5-4-6-18(21)24(19)29/h4-13H,14H2,1-3H3,(H,26,28). The fourth-order valence-corrected chi connectivity index (χ4v) is 6.32. The molecule has 0 aromatic heterocycles. The maximum atomic E-state index is 13.0. The number of rotatable bonds is 6. The van der Waals surface area contributed by atoms with E-state index in [9.17, 15) is 31.2 Å². The summed E-state index contributed by atoms with van der Waals surface area (Å²) in [6, 6.07) is 13.6. The van der Waals surface area contributed by atoms with Gasteiger partial charge in [-0.3, -0.25) is 9.59 Å². The van der Waals surface area contributed by atoms with Crippen molar-refractivity contribution < 1.29 is 36.0 Å². The van der Waals surface area contributed by atoms with Gasteiger partial charge in [-0.05, 0) is 55.0 Å². The van der Waals surface area contributed by atoms with Gasteiger partial charge in [-0.1, -0.05) is 18.2 Å². The summed E-state index contributed by atoms with van der Waals surface area (Å²) in [7, 11) is -5.01.